The fourth-order valence-electron chi connectivity index (χ4n) is 4.47. The number of amides is 2. The summed E-state index contributed by atoms with van der Waals surface area (Å²) < 4.78 is 10.9. The molecule has 6 heteroatoms. The smallest absolute Gasteiger partial charge is 0.255 e. The monoisotopic (exact) mass is 458 g/mol. The van der Waals surface area contributed by atoms with Gasteiger partial charge in [0.05, 0.1) is 26.7 Å². The van der Waals surface area contributed by atoms with Crippen LogP contribution in [0.3, 0.4) is 0 Å². The summed E-state index contributed by atoms with van der Waals surface area (Å²) in [4.78, 5) is 30.5. The van der Waals surface area contributed by atoms with Gasteiger partial charge in [0, 0.05) is 25.2 Å². The van der Waals surface area contributed by atoms with Crippen molar-refractivity contribution in [3.8, 4) is 11.5 Å². The highest BCUT2D eigenvalue weighted by atomic mass is 16.5. The summed E-state index contributed by atoms with van der Waals surface area (Å²) in [7, 11) is 3.17. The molecule has 4 rings (SSSR count). The molecule has 176 valence electrons. The number of nitrogens with zero attached hydrogens (tertiary/aromatic N) is 2. The number of hydrogen-bond donors (Lipinski definition) is 0. The second kappa shape index (κ2) is 10.4. The Kier molecular flexibility index (Phi) is 7.16. The first kappa shape index (κ1) is 23.4. The zero-order chi connectivity index (χ0) is 24.1. The van der Waals surface area contributed by atoms with Crippen LogP contribution in [0.4, 0.5) is 0 Å². The standard InChI is InChI=1S/C28H30N2O4/c1-4-29(18-20-10-6-5-7-11-20)27(31)17-24(21-14-15-25(33-2)26(16-21)34-3)30-19-22-12-8-9-13-23(22)28(30)32/h5-16,24H,4,17-19H2,1-3H3. The molecule has 0 saturated heterocycles. The third-order valence-corrected chi connectivity index (χ3v) is 6.34. The molecule has 0 fully saturated rings. The maximum absolute atomic E-state index is 13.5. The lowest BCUT2D eigenvalue weighted by Gasteiger charge is -2.31. The van der Waals surface area contributed by atoms with Gasteiger partial charge in [-0.05, 0) is 41.8 Å². The number of hydrogen-bond acceptors (Lipinski definition) is 4. The van der Waals surface area contributed by atoms with Crippen LogP contribution in [0, 0.1) is 0 Å². The molecule has 0 aromatic heterocycles. The van der Waals surface area contributed by atoms with Crippen molar-refractivity contribution in [2.75, 3.05) is 20.8 Å². The molecule has 0 saturated carbocycles. The van der Waals surface area contributed by atoms with Gasteiger partial charge < -0.3 is 19.3 Å². The molecule has 0 N–H and O–H groups in total. The van der Waals surface area contributed by atoms with Crippen LogP contribution in [0.15, 0.2) is 72.8 Å². The van der Waals surface area contributed by atoms with Gasteiger partial charge in [-0.3, -0.25) is 9.59 Å². The van der Waals surface area contributed by atoms with Crippen molar-refractivity contribution >= 4 is 11.8 Å². The third-order valence-electron chi connectivity index (χ3n) is 6.34. The van der Waals surface area contributed by atoms with E-state index in [0.29, 0.717) is 36.7 Å². The van der Waals surface area contributed by atoms with Crippen molar-refractivity contribution < 1.29 is 19.1 Å². The van der Waals surface area contributed by atoms with E-state index >= 15 is 0 Å². The maximum Gasteiger partial charge on any atom is 0.255 e. The number of fused-ring (bicyclic) bond motifs is 1. The Hall–Kier alpha value is -3.80. The van der Waals surface area contributed by atoms with Gasteiger partial charge >= 0.3 is 0 Å². The summed E-state index contributed by atoms with van der Waals surface area (Å²) in [6.07, 6.45) is 0.176. The number of methoxy groups -OCH3 is 2. The van der Waals surface area contributed by atoms with Gasteiger partial charge in [0.1, 0.15) is 0 Å². The van der Waals surface area contributed by atoms with Crippen LogP contribution >= 0.6 is 0 Å². The molecule has 3 aromatic carbocycles. The Morgan fingerprint density at radius 1 is 0.971 bits per heavy atom. The van der Waals surface area contributed by atoms with Crippen LogP contribution in [0.2, 0.25) is 0 Å². The molecule has 0 aliphatic carbocycles. The van der Waals surface area contributed by atoms with Gasteiger partial charge in [-0.25, -0.2) is 0 Å². The predicted octanol–water partition coefficient (Wildman–Crippen LogP) is 4.84. The molecule has 0 radical (unpaired) electrons. The molecule has 1 heterocycles. The number of ether oxygens (including phenoxy) is 2. The molecule has 1 aliphatic heterocycles. The summed E-state index contributed by atoms with van der Waals surface area (Å²) in [6.45, 7) is 3.55. The molecule has 3 aromatic rings. The van der Waals surface area contributed by atoms with E-state index in [0.717, 1.165) is 16.7 Å². The van der Waals surface area contributed by atoms with E-state index in [1.807, 2.05) is 84.6 Å². The Bertz CT molecular complexity index is 1160. The van der Waals surface area contributed by atoms with Crippen LogP contribution in [0.25, 0.3) is 0 Å². The highest BCUT2D eigenvalue weighted by Crippen LogP contribution is 2.37. The lowest BCUT2D eigenvalue weighted by Crippen LogP contribution is -2.36. The number of carbonyl (C=O) groups excluding carboxylic acids is 2. The van der Waals surface area contributed by atoms with E-state index in [4.69, 9.17) is 9.47 Å². The Labute approximate surface area is 200 Å². The van der Waals surface area contributed by atoms with Crippen LogP contribution in [-0.4, -0.2) is 42.4 Å². The van der Waals surface area contributed by atoms with E-state index in [1.165, 1.54) is 0 Å². The molecule has 1 unspecified atom stereocenters. The van der Waals surface area contributed by atoms with E-state index in [-0.39, 0.29) is 18.2 Å². The molecule has 34 heavy (non-hydrogen) atoms. The zero-order valence-corrected chi connectivity index (χ0v) is 19.9. The van der Waals surface area contributed by atoms with Crippen molar-refractivity contribution in [3.05, 3.63) is 95.1 Å². The van der Waals surface area contributed by atoms with Gasteiger partial charge in [-0.2, -0.15) is 0 Å². The molecule has 1 atom stereocenters. The van der Waals surface area contributed by atoms with Crippen molar-refractivity contribution in [2.45, 2.75) is 32.5 Å². The minimum Gasteiger partial charge on any atom is -0.493 e. The first-order chi connectivity index (χ1) is 16.5. The summed E-state index contributed by atoms with van der Waals surface area (Å²) in [5, 5.41) is 0. The largest absolute Gasteiger partial charge is 0.493 e. The van der Waals surface area contributed by atoms with Gasteiger partial charge in [0.15, 0.2) is 11.5 Å². The van der Waals surface area contributed by atoms with E-state index in [2.05, 4.69) is 0 Å². The SMILES string of the molecule is CCN(Cc1ccccc1)C(=O)CC(c1ccc(OC)c(OC)c1)N1Cc2ccccc2C1=O. The average molecular weight is 459 g/mol. The Balaban J connectivity index is 1.65. The number of rotatable bonds is 9. The van der Waals surface area contributed by atoms with Crippen LogP contribution < -0.4 is 9.47 Å². The fraction of sp³-hybridized carbons (Fsp3) is 0.286. The van der Waals surface area contributed by atoms with Crippen molar-refractivity contribution in [1.82, 2.24) is 9.80 Å². The molecular formula is C28H30N2O4. The second-order valence-corrected chi connectivity index (χ2v) is 8.32. The summed E-state index contributed by atoms with van der Waals surface area (Å²) >= 11 is 0. The Morgan fingerprint density at radius 2 is 1.68 bits per heavy atom. The lowest BCUT2D eigenvalue weighted by molar-refractivity contribution is -0.132. The molecule has 0 spiro atoms. The van der Waals surface area contributed by atoms with Gasteiger partial charge in [-0.1, -0.05) is 54.6 Å². The first-order valence-electron chi connectivity index (χ1n) is 11.5. The molecule has 6 nitrogen and oxygen atoms in total. The third kappa shape index (κ3) is 4.76. The van der Waals surface area contributed by atoms with Crippen LogP contribution in [0.1, 0.15) is 46.4 Å². The molecule has 2 amide bonds. The highest BCUT2D eigenvalue weighted by Gasteiger charge is 2.35. The van der Waals surface area contributed by atoms with Crippen molar-refractivity contribution in [1.29, 1.82) is 0 Å². The lowest BCUT2D eigenvalue weighted by atomic mass is 10.00. The molecule has 0 bridgehead atoms. The quantitative estimate of drug-likeness (QED) is 0.460. The van der Waals surface area contributed by atoms with E-state index < -0.39 is 6.04 Å². The summed E-state index contributed by atoms with van der Waals surface area (Å²) in [5.41, 5.74) is 3.58. The predicted molar refractivity (Wildman–Crippen MR) is 131 cm³/mol. The summed E-state index contributed by atoms with van der Waals surface area (Å²) in [5.74, 6) is 1.11. The topological polar surface area (TPSA) is 59.1 Å². The van der Waals surface area contributed by atoms with E-state index in [1.54, 1.807) is 19.1 Å². The number of carbonyl (C=O) groups is 2. The average Bonchev–Trinajstić information content (AvgIpc) is 3.22. The minimum atomic E-state index is -0.433. The number of benzene rings is 3. The normalized spacial score (nSPS) is 13.4. The van der Waals surface area contributed by atoms with Gasteiger partial charge in [-0.15, -0.1) is 0 Å². The highest BCUT2D eigenvalue weighted by molar-refractivity contribution is 5.98. The van der Waals surface area contributed by atoms with Gasteiger partial charge in [0.2, 0.25) is 5.91 Å². The summed E-state index contributed by atoms with van der Waals surface area (Å²) in [6, 6.07) is 22.7. The van der Waals surface area contributed by atoms with Crippen LogP contribution in [-0.2, 0) is 17.9 Å². The van der Waals surface area contributed by atoms with Crippen LogP contribution in [0.5, 0.6) is 11.5 Å². The second-order valence-electron chi connectivity index (χ2n) is 8.32. The van der Waals surface area contributed by atoms with Gasteiger partial charge in [0.25, 0.3) is 5.91 Å². The van der Waals surface area contributed by atoms with Crippen molar-refractivity contribution in [2.24, 2.45) is 0 Å². The molecular weight excluding hydrogens is 428 g/mol. The van der Waals surface area contributed by atoms with E-state index in [9.17, 15) is 9.59 Å². The zero-order valence-electron chi connectivity index (χ0n) is 19.9. The minimum absolute atomic E-state index is 0.00473. The van der Waals surface area contributed by atoms with Crippen molar-refractivity contribution in [3.63, 3.8) is 0 Å². The fourth-order valence-corrected chi connectivity index (χ4v) is 4.47. The molecule has 1 aliphatic rings. The first-order valence-corrected chi connectivity index (χ1v) is 11.5. The Morgan fingerprint density at radius 3 is 2.35 bits per heavy atom. The maximum atomic E-state index is 13.5.